The van der Waals surface area contributed by atoms with Crippen LogP contribution in [0.5, 0.6) is 11.5 Å². The van der Waals surface area contributed by atoms with Gasteiger partial charge in [-0.3, -0.25) is 9.59 Å². The van der Waals surface area contributed by atoms with Crippen molar-refractivity contribution in [3.63, 3.8) is 0 Å². The second kappa shape index (κ2) is 21.9. The molecule has 8 aromatic rings. The molecule has 6 aromatic heterocycles. The summed E-state index contributed by atoms with van der Waals surface area (Å²) >= 11 is 12.4. The van der Waals surface area contributed by atoms with E-state index in [-0.39, 0.29) is 46.3 Å². The number of imidazole rings is 2. The smallest absolute Gasteiger partial charge is 0.358 e. The number of halogens is 2. The Morgan fingerprint density at radius 2 is 1.07 bits per heavy atom. The van der Waals surface area contributed by atoms with Gasteiger partial charge in [-0.05, 0) is 68.3 Å². The lowest BCUT2D eigenvalue weighted by Crippen LogP contribution is -2.22. The van der Waals surface area contributed by atoms with Crippen LogP contribution in [0, 0.1) is 0 Å². The van der Waals surface area contributed by atoms with Crippen molar-refractivity contribution in [2.75, 3.05) is 55.4 Å². The zero-order valence-electron chi connectivity index (χ0n) is 39.3. The highest BCUT2D eigenvalue weighted by molar-refractivity contribution is 6.31. The van der Waals surface area contributed by atoms with E-state index in [0.29, 0.717) is 64.7 Å². The largest absolute Gasteiger partial charge is 0.497 e. The van der Waals surface area contributed by atoms with Gasteiger partial charge in [0.2, 0.25) is 0 Å². The van der Waals surface area contributed by atoms with E-state index < -0.39 is 11.9 Å². The van der Waals surface area contributed by atoms with E-state index in [9.17, 15) is 24.3 Å². The lowest BCUT2D eigenvalue weighted by atomic mass is 10.2. The number of aromatic nitrogens is 8. The predicted octanol–water partition coefficient (Wildman–Crippen LogP) is 7.78. The van der Waals surface area contributed by atoms with E-state index in [1.807, 2.05) is 86.3 Å². The molecule has 3 N–H and O–H groups in total. The number of carbonyl (C=O) groups excluding carboxylic acids is 1. The van der Waals surface area contributed by atoms with Crippen molar-refractivity contribution >= 4 is 80.8 Å². The molecule has 0 aliphatic carbocycles. The van der Waals surface area contributed by atoms with Gasteiger partial charge in [-0.25, -0.2) is 28.6 Å². The van der Waals surface area contributed by atoms with E-state index >= 15 is 0 Å². The molecule has 0 aliphatic heterocycles. The number of benzene rings is 2. The fraction of sp³-hybridized carbons (Fsp3) is 0.250. The molecule has 70 heavy (non-hydrogen) atoms. The van der Waals surface area contributed by atoms with Crippen LogP contribution in [-0.2, 0) is 30.9 Å². The van der Waals surface area contributed by atoms with E-state index in [4.69, 9.17) is 37.4 Å². The Balaban J connectivity index is 0.000000207. The van der Waals surface area contributed by atoms with Crippen molar-refractivity contribution in [1.82, 2.24) is 38.3 Å². The number of rotatable bonds is 17. The van der Waals surface area contributed by atoms with Crippen LogP contribution >= 0.6 is 23.2 Å². The lowest BCUT2D eigenvalue weighted by molar-refractivity contribution is 0.0516. The molecular weight excluding hydrogens is 944 g/mol. The molecule has 0 saturated heterocycles. The number of fused-ring (bicyclic) bond motifs is 2. The maximum atomic E-state index is 12.8. The summed E-state index contributed by atoms with van der Waals surface area (Å²) in [6.45, 7) is 7.60. The van der Waals surface area contributed by atoms with Crippen LogP contribution in [0.4, 0.5) is 34.4 Å². The highest BCUT2D eigenvalue weighted by Crippen LogP contribution is 2.29. The zero-order chi connectivity index (χ0) is 50.2. The molecule has 0 radical (unpaired) electrons. The minimum Gasteiger partial charge on any atom is -0.497 e. The van der Waals surface area contributed by atoms with E-state index in [1.54, 1.807) is 51.7 Å². The first-order valence-electron chi connectivity index (χ1n) is 21.8. The predicted molar refractivity (Wildman–Crippen MR) is 268 cm³/mol. The number of carboxylic acid groups (broad SMARTS) is 1. The average Bonchev–Trinajstić information content (AvgIpc) is 3.99. The monoisotopic (exact) mass is 992 g/mol. The van der Waals surface area contributed by atoms with Gasteiger partial charge in [0.1, 0.15) is 22.9 Å². The minimum atomic E-state index is -1.17. The molecule has 0 spiro atoms. The number of hydrogen-bond acceptors (Lipinski definition) is 15. The number of carboxylic acids is 1. The summed E-state index contributed by atoms with van der Waals surface area (Å²) in [6.07, 6.45) is 5.81. The van der Waals surface area contributed by atoms with Crippen LogP contribution in [-0.4, -0.2) is 90.3 Å². The van der Waals surface area contributed by atoms with Gasteiger partial charge >= 0.3 is 11.9 Å². The van der Waals surface area contributed by atoms with Crippen molar-refractivity contribution in [1.29, 1.82) is 0 Å². The molecule has 0 atom stereocenters. The van der Waals surface area contributed by atoms with Gasteiger partial charge in [-0.1, -0.05) is 47.5 Å². The Kier molecular flexibility index (Phi) is 15.6. The van der Waals surface area contributed by atoms with Crippen LogP contribution in [0.25, 0.3) is 11.3 Å². The molecule has 2 aromatic carbocycles. The summed E-state index contributed by atoms with van der Waals surface area (Å²) in [5, 5.41) is 25.4. The van der Waals surface area contributed by atoms with E-state index in [0.717, 1.165) is 22.6 Å². The first-order chi connectivity index (χ1) is 33.6. The van der Waals surface area contributed by atoms with Gasteiger partial charge in [0.15, 0.2) is 34.3 Å². The van der Waals surface area contributed by atoms with Gasteiger partial charge in [0.25, 0.3) is 11.1 Å². The van der Waals surface area contributed by atoms with E-state index in [2.05, 4.69) is 30.8 Å². The van der Waals surface area contributed by atoms with Gasteiger partial charge in [-0.15, -0.1) is 10.2 Å². The second-order valence-electron chi connectivity index (χ2n) is 15.6. The lowest BCUT2D eigenvalue weighted by Gasteiger charge is -2.21. The van der Waals surface area contributed by atoms with Gasteiger partial charge in [0, 0.05) is 64.8 Å². The third-order valence-corrected chi connectivity index (χ3v) is 11.3. The number of hydrogen-bond donors (Lipinski definition) is 3. The topological polar surface area (TPSA) is 217 Å². The van der Waals surface area contributed by atoms with Crippen molar-refractivity contribution < 1.29 is 28.9 Å². The Morgan fingerprint density at radius 3 is 1.46 bits per heavy atom. The van der Waals surface area contributed by atoms with Crippen molar-refractivity contribution in [2.45, 2.75) is 47.0 Å². The van der Waals surface area contributed by atoms with Crippen molar-refractivity contribution in [2.24, 2.45) is 0 Å². The Morgan fingerprint density at radius 1 is 0.657 bits per heavy atom. The molecule has 364 valence electrons. The molecule has 0 bridgehead atoms. The number of nitrogens with zero attached hydrogens (tertiary/aromatic N) is 10. The second-order valence-corrected chi connectivity index (χ2v) is 16.5. The molecule has 0 amide bonds. The number of esters is 1. The summed E-state index contributed by atoms with van der Waals surface area (Å²) < 4.78 is 21.3. The SMILES string of the molecule is CCOC(=O)c1cnc2c(N(C)Cc3ccc(OC)cc3)cc(Nc3cc(Cl)cn(CC)c3=O)nn12.CCn1cc(Cl)cc(Nc2cc(N(C)Cc3ccc(OC)cc3)c3ncc(C(=O)O)n3n2)c1=O. The normalized spacial score (nSPS) is 10.9. The Hall–Kier alpha value is -8.10. The highest BCUT2D eigenvalue weighted by atomic mass is 35.5. The quantitative estimate of drug-likeness (QED) is 0.0742. The first kappa shape index (κ1) is 49.8. The molecule has 20 nitrogen and oxygen atoms in total. The van der Waals surface area contributed by atoms with Crippen LogP contribution < -0.4 is 41.0 Å². The van der Waals surface area contributed by atoms with Crippen LogP contribution in [0.1, 0.15) is 52.9 Å². The number of aromatic carboxylic acids is 1. The molecule has 6 heterocycles. The summed E-state index contributed by atoms with van der Waals surface area (Å²) in [5.74, 6) is 0.413. The third-order valence-electron chi connectivity index (χ3n) is 10.9. The van der Waals surface area contributed by atoms with Crippen LogP contribution in [0.15, 0.2) is 107 Å². The van der Waals surface area contributed by atoms with Gasteiger partial charge in [-0.2, -0.15) is 0 Å². The summed E-state index contributed by atoms with van der Waals surface area (Å²) in [4.78, 5) is 62.5. The van der Waals surface area contributed by atoms with E-state index in [1.165, 1.54) is 36.6 Å². The average molecular weight is 994 g/mol. The number of pyridine rings is 2. The summed E-state index contributed by atoms with van der Waals surface area (Å²) in [7, 11) is 7.00. The minimum absolute atomic E-state index is 0.102. The fourth-order valence-electron chi connectivity index (χ4n) is 7.38. The number of ether oxygens (including phenoxy) is 3. The number of nitrogens with one attached hydrogen (secondary N) is 2. The number of methoxy groups -OCH3 is 2. The Labute approximate surface area is 411 Å². The molecular formula is C48H50Cl2N12O8. The van der Waals surface area contributed by atoms with Crippen LogP contribution in [0.3, 0.4) is 0 Å². The molecule has 0 fully saturated rings. The summed E-state index contributed by atoms with van der Waals surface area (Å²) in [6, 6.07) is 21.9. The molecule has 8 rings (SSSR count). The zero-order valence-corrected chi connectivity index (χ0v) is 40.8. The molecule has 0 saturated carbocycles. The number of carbonyl (C=O) groups is 2. The summed E-state index contributed by atoms with van der Waals surface area (Å²) in [5.41, 5.74) is 4.25. The number of aryl methyl sites for hydroxylation is 2. The first-order valence-corrected chi connectivity index (χ1v) is 22.6. The highest BCUT2D eigenvalue weighted by Gasteiger charge is 2.22. The standard InChI is InChI=1S/C25H27ClN6O4.C23H23ClN6O4/c1-5-31-15-17(26)11-19(24(31)33)28-22-12-20(30(3)14-16-7-9-18(35-4)10-8-16)23-27-13-21(32(23)29-22)25(34)36-6-2;1-4-29-13-15(24)9-17(22(29)31)26-20-10-18(21-25-11-19(23(32)33)30(21)27-20)28(2)12-14-5-7-16(34-3)8-6-14/h7-13,15H,5-6,14H2,1-4H3,(H,28,29);5-11,13H,4,12H2,1-3H3,(H,26,27)(H,32,33). The number of anilines is 6. The Bertz CT molecular complexity index is 3300. The van der Waals surface area contributed by atoms with Crippen molar-refractivity contribution in [3.8, 4) is 11.5 Å². The fourth-order valence-corrected chi connectivity index (χ4v) is 7.84. The molecule has 0 aliphatic rings. The van der Waals surface area contributed by atoms with Gasteiger partial charge < -0.3 is 48.9 Å². The third kappa shape index (κ3) is 11.1. The van der Waals surface area contributed by atoms with Crippen LogP contribution in [0.2, 0.25) is 10.0 Å². The van der Waals surface area contributed by atoms with Gasteiger partial charge in [0.05, 0.1) is 54.6 Å². The maximum Gasteiger partial charge on any atom is 0.358 e. The molecule has 22 heteroatoms. The maximum absolute atomic E-state index is 12.8. The van der Waals surface area contributed by atoms with Crippen molar-refractivity contribution in [3.05, 3.63) is 151 Å². The molecule has 0 unspecified atom stereocenters.